The average Bonchev–Trinajstić information content (AvgIpc) is 3.21. The molecule has 3 atom stereocenters. The molecular weight excluding hydrogens is 356 g/mol. The van der Waals surface area contributed by atoms with Crippen molar-refractivity contribution in [2.24, 2.45) is 0 Å². The van der Waals surface area contributed by atoms with Crippen LogP contribution in [0, 0.1) is 6.92 Å². The summed E-state index contributed by atoms with van der Waals surface area (Å²) in [6, 6.07) is -1.39. The quantitative estimate of drug-likeness (QED) is 0.402. The Balaban J connectivity index is 1.54. The van der Waals surface area contributed by atoms with Crippen molar-refractivity contribution >= 4 is 23.4 Å². The number of carbonyl (C=O) groups excluding carboxylic acids is 4. The summed E-state index contributed by atoms with van der Waals surface area (Å²) in [4.78, 5) is 57.0. The van der Waals surface area contributed by atoms with Gasteiger partial charge in [0, 0.05) is 6.20 Å². The van der Waals surface area contributed by atoms with E-state index in [2.05, 4.69) is 10.3 Å². The Morgan fingerprint density at radius 3 is 2.85 bits per heavy atom. The van der Waals surface area contributed by atoms with E-state index in [4.69, 9.17) is 9.15 Å². The van der Waals surface area contributed by atoms with Gasteiger partial charge in [0.15, 0.2) is 6.04 Å². The van der Waals surface area contributed by atoms with Crippen LogP contribution in [0.1, 0.15) is 18.5 Å². The van der Waals surface area contributed by atoms with Crippen molar-refractivity contribution in [3.63, 3.8) is 0 Å². The molecule has 2 fully saturated rings. The minimum atomic E-state index is -1.23. The molecule has 142 valence electrons. The number of Topliss-reactive ketones (excluding diaryl/α,β-unsaturated/α-hetero) is 2. The lowest BCUT2D eigenvalue weighted by Crippen LogP contribution is -2.65. The number of hydrogen-bond donors (Lipinski definition) is 1. The van der Waals surface area contributed by atoms with Crippen LogP contribution in [0.5, 0.6) is 0 Å². The van der Waals surface area contributed by atoms with Crippen molar-refractivity contribution in [2.45, 2.75) is 38.7 Å². The predicted molar refractivity (Wildman–Crippen MR) is 87.7 cm³/mol. The van der Waals surface area contributed by atoms with E-state index in [9.17, 15) is 19.2 Å². The fourth-order valence-corrected chi connectivity index (χ4v) is 3.53. The molecule has 0 spiro atoms. The third kappa shape index (κ3) is 2.81. The van der Waals surface area contributed by atoms with Crippen LogP contribution in [0.25, 0.3) is 0 Å². The number of aryl methyl sites for hydroxylation is 1. The Bertz CT molecular complexity index is 875. The van der Waals surface area contributed by atoms with Gasteiger partial charge in [0.2, 0.25) is 17.5 Å². The van der Waals surface area contributed by atoms with Crippen LogP contribution >= 0.6 is 0 Å². The molecule has 0 aliphatic carbocycles. The number of aromatic nitrogens is 1. The summed E-state index contributed by atoms with van der Waals surface area (Å²) < 4.78 is 10.7. The van der Waals surface area contributed by atoms with Crippen molar-refractivity contribution in [3.8, 4) is 0 Å². The second kappa shape index (κ2) is 6.31. The summed E-state index contributed by atoms with van der Waals surface area (Å²) in [5.41, 5.74) is 0.347. The first-order valence-corrected chi connectivity index (χ1v) is 8.56. The highest BCUT2D eigenvalue weighted by Gasteiger charge is 2.52. The zero-order chi connectivity index (χ0) is 19.3. The molecule has 0 saturated carbocycles. The van der Waals surface area contributed by atoms with E-state index in [0.717, 1.165) is 0 Å². The minimum Gasteiger partial charge on any atom is -0.447 e. The zero-order valence-electron chi connectivity index (χ0n) is 14.8. The van der Waals surface area contributed by atoms with Gasteiger partial charge in [0.25, 0.3) is 11.8 Å². The van der Waals surface area contributed by atoms with E-state index < -0.39 is 35.7 Å². The van der Waals surface area contributed by atoms with Crippen LogP contribution in [0.4, 0.5) is 0 Å². The Labute approximate surface area is 154 Å². The van der Waals surface area contributed by atoms with Crippen molar-refractivity contribution in [1.82, 2.24) is 20.1 Å². The van der Waals surface area contributed by atoms with E-state index in [-0.39, 0.29) is 30.6 Å². The van der Waals surface area contributed by atoms with Crippen molar-refractivity contribution < 1.29 is 28.3 Å². The van der Waals surface area contributed by atoms with Gasteiger partial charge in [-0.05, 0) is 13.8 Å². The molecule has 1 unspecified atom stereocenters. The Kier molecular flexibility index (Phi) is 4.06. The monoisotopic (exact) mass is 374 g/mol. The Morgan fingerprint density at radius 2 is 2.15 bits per heavy atom. The lowest BCUT2D eigenvalue weighted by molar-refractivity contribution is -0.159. The van der Waals surface area contributed by atoms with E-state index in [0.29, 0.717) is 12.3 Å². The summed E-state index contributed by atoms with van der Waals surface area (Å²) >= 11 is 0. The molecule has 1 N–H and O–H groups in total. The van der Waals surface area contributed by atoms with Crippen LogP contribution in [0.15, 0.2) is 22.5 Å². The lowest BCUT2D eigenvalue weighted by Gasteiger charge is -2.43. The van der Waals surface area contributed by atoms with E-state index in [1.54, 1.807) is 6.92 Å². The maximum absolute atomic E-state index is 12.7. The first kappa shape index (κ1) is 17.4. The molecule has 4 rings (SSSR count). The number of oxazole rings is 1. The summed E-state index contributed by atoms with van der Waals surface area (Å²) in [5.74, 6) is -2.79. The summed E-state index contributed by atoms with van der Waals surface area (Å²) in [5, 5.41) is 2.50. The van der Waals surface area contributed by atoms with Crippen LogP contribution in [0.2, 0.25) is 0 Å². The molecule has 0 radical (unpaired) electrons. The number of carbonyl (C=O) groups is 4. The molecule has 2 amide bonds. The molecule has 0 bridgehead atoms. The van der Waals surface area contributed by atoms with Crippen molar-refractivity contribution in [3.05, 3.63) is 29.6 Å². The van der Waals surface area contributed by atoms with Gasteiger partial charge in [-0.15, -0.1) is 0 Å². The topological polar surface area (TPSA) is 122 Å². The number of nitrogens with one attached hydrogen (secondary N) is 1. The lowest BCUT2D eigenvalue weighted by atomic mass is 9.93. The first-order valence-electron chi connectivity index (χ1n) is 8.56. The zero-order valence-corrected chi connectivity index (χ0v) is 14.8. The van der Waals surface area contributed by atoms with Crippen molar-refractivity contribution in [1.29, 1.82) is 0 Å². The van der Waals surface area contributed by atoms with Gasteiger partial charge in [0.1, 0.15) is 18.1 Å². The normalized spacial score (nSPS) is 27.4. The van der Waals surface area contributed by atoms with Gasteiger partial charge < -0.3 is 24.3 Å². The number of amides is 2. The maximum Gasteiger partial charge on any atom is 0.257 e. The first-order chi connectivity index (χ1) is 12.9. The van der Waals surface area contributed by atoms with Gasteiger partial charge in [-0.2, -0.15) is 0 Å². The molecular formula is C17H18N4O6. The van der Waals surface area contributed by atoms with Crippen LogP contribution in [-0.2, 0) is 30.5 Å². The van der Waals surface area contributed by atoms with Gasteiger partial charge >= 0.3 is 0 Å². The van der Waals surface area contributed by atoms with Gasteiger partial charge in [-0.3, -0.25) is 19.2 Å². The SMILES string of the molecule is Cc1coc(CNC(=O)C2=CN3C[C@H]4OC[C@H](C)N4C(=O)C3C(=O)C2=O)n1. The number of nitrogens with zero attached hydrogens (tertiary/aromatic N) is 3. The molecule has 1 aromatic rings. The molecule has 27 heavy (non-hydrogen) atoms. The number of ketones is 2. The average molecular weight is 374 g/mol. The predicted octanol–water partition coefficient (Wildman–Crippen LogP) is -1.11. The largest absolute Gasteiger partial charge is 0.447 e. The maximum atomic E-state index is 12.7. The number of piperazine rings is 1. The van der Waals surface area contributed by atoms with Crippen molar-refractivity contribution in [2.75, 3.05) is 13.2 Å². The Hall–Kier alpha value is -3.01. The molecule has 10 heteroatoms. The third-order valence-corrected chi connectivity index (χ3v) is 4.83. The standard InChI is InChI=1S/C17H18N4O6/c1-8-6-26-11(19-8)3-18-16(24)10-4-20-5-12-21(9(2)7-27-12)17(25)13(20)15(23)14(10)22/h4,6,9,12-13H,3,5,7H2,1-2H3,(H,18,24)/t9-,12+,13?/m0/s1. The van der Waals surface area contributed by atoms with Crippen LogP contribution in [0.3, 0.4) is 0 Å². The fraction of sp³-hybridized carbons (Fsp3) is 0.471. The summed E-state index contributed by atoms with van der Waals surface area (Å²) in [7, 11) is 0. The van der Waals surface area contributed by atoms with E-state index >= 15 is 0 Å². The van der Waals surface area contributed by atoms with Gasteiger partial charge in [-0.1, -0.05) is 0 Å². The molecule has 2 saturated heterocycles. The van der Waals surface area contributed by atoms with E-state index in [1.165, 1.54) is 22.3 Å². The highest BCUT2D eigenvalue weighted by Crippen LogP contribution is 2.29. The molecule has 3 aliphatic rings. The van der Waals surface area contributed by atoms with E-state index in [1.807, 2.05) is 6.92 Å². The molecule has 3 aliphatic heterocycles. The molecule has 1 aromatic heterocycles. The smallest absolute Gasteiger partial charge is 0.257 e. The summed E-state index contributed by atoms with van der Waals surface area (Å²) in [6.45, 7) is 4.12. The molecule has 10 nitrogen and oxygen atoms in total. The third-order valence-electron chi connectivity index (χ3n) is 4.83. The second-order valence-electron chi connectivity index (χ2n) is 6.78. The molecule has 4 heterocycles. The number of fused-ring (bicyclic) bond motifs is 2. The number of rotatable bonds is 3. The summed E-state index contributed by atoms with van der Waals surface area (Å²) in [6.07, 6.45) is 2.21. The highest BCUT2D eigenvalue weighted by atomic mass is 16.5. The highest BCUT2D eigenvalue weighted by molar-refractivity contribution is 6.53. The molecule has 0 aromatic carbocycles. The Morgan fingerprint density at radius 1 is 1.37 bits per heavy atom. The second-order valence-corrected chi connectivity index (χ2v) is 6.78. The van der Waals surface area contributed by atoms with Crippen LogP contribution < -0.4 is 5.32 Å². The minimum absolute atomic E-state index is 0.0229. The fourth-order valence-electron chi connectivity index (χ4n) is 3.53. The van der Waals surface area contributed by atoms with Gasteiger partial charge in [0.05, 0.1) is 31.4 Å². The van der Waals surface area contributed by atoms with Crippen LogP contribution in [-0.4, -0.2) is 69.6 Å². The number of ether oxygens (including phenoxy) is 1. The number of hydrogen-bond acceptors (Lipinski definition) is 8. The van der Waals surface area contributed by atoms with Gasteiger partial charge in [-0.25, -0.2) is 4.98 Å².